The number of aryl methyl sites for hydroxylation is 1. The number of hydrogen-bond donors (Lipinski definition) is 1. The Morgan fingerprint density at radius 3 is 2.27 bits per heavy atom. The van der Waals surface area contributed by atoms with Crippen LogP contribution in [0.25, 0.3) is 0 Å². The van der Waals surface area contributed by atoms with Crippen LogP contribution < -0.4 is 15.3 Å². The fourth-order valence-corrected chi connectivity index (χ4v) is 3.72. The van der Waals surface area contributed by atoms with Crippen molar-refractivity contribution in [3.8, 4) is 0 Å². The number of hydrogen-bond acceptors (Lipinski definition) is 4. The van der Waals surface area contributed by atoms with E-state index in [1.165, 1.54) is 24.3 Å². The topological polar surface area (TPSA) is 70.8 Å². The Kier molecular flexibility index (Phi) is 6.22. The quantitative estimate of drug-likeness (QED) is 0.616. The number of anilines is 1. The van der Waals surface area contributed by atoms with E-state index in [2.05, 4.69) is 10.4 Å². The molecule has 6 nitrogen and oxygen atoms in total. The van der Waals surface area contributed by atoms with Gasteiger partial charge in [0.1, 0.15) is 11.9 Å². The summed E-state index contributed by atoms with van der Waals surface area (Å²) in [5.41, 5.74) is 4.14. The minimum atomic E-state index is -0.887. The average molecular weight is 445 g/mol. The van der Waals surface area contributed by atoms with Crippen molar-refractivity contribution in [1.82, 2.24) is 5.32 Å². The highest BCUT2D eigenvalue weighted by Crippen LogP contribution is 2.27. The number of nitrogens with zero attached hydrogens (tertiary/aromatic N) is 3. The molecule has 1 aliphatic heterocycles. The van der Waals surface area contributed by atoms with E-state index < -0.39 is 29.7 Å². The van der Waals surface area contributed by atoms with Crippen molar-refractivity contribution in [2.75, 3.05) is 19.0 Å². The molecule has 1 aliphatic rings. The van der Waals surface area contributed by atoms with Crippen LogP contribution in [0.4, 0.5) is 10.1 Å². The predicted octanol–water partition coefficient (Wildman–Crippen LogP) is 2.86. The zero-order chi connectivity index (χ0) is 23.5. The molecule has 2 atom stereocenters. The summed E-state index contributed by atoms with van der Waals surface area (Å²) in [7, 11) is 3.93. The molecule has 3 aromatic carbocycles. The van der Waals surface area contributed by atoms with Gasteiger partial charge >= 0.3 is 0 Å². The highest BCUT2D eigenvalue weighted by Gasteiger charge is 2.41. The second-order valence-corrected chi connectivity index (χ2v) is 8.25. The summed E-state index contributed by atoms with van der Waals surface area (Å²) in [6.07, 6.45) is 1.80. The Balaban J connectivity index is 1.68. The first-order chi connectivity index (χ1) is 15.8. The van der Waals surface area contributed by atoms with Crippen LogP contribution in [0.2, 0.25) is 0 Å². The van der Waals surface area contributed by atoms with Gasteiger partial charge in [0.15, 0.2) is 0 Å². The lowest BCUT2D eigenvalue weighted by molar-refractivity contribution is -0.565. The summed E-state index contributed by atoms with van der Waals surface area (Å²) >= 11 is 0. The van der Waals surface area contributed by atoms with Gasteiger partial charge in [0, 0.05) is 36.5 Å². The molecule has 1 heterocycles. The van der Waals surface area contributed by atoms with Gasteiger partial charge in [-0.15, -0.1) is 0 Å². The molecule has 7 heteroatoms. The molecule has 0 spiro atoms. The summed E-state index contributed by atoms with van der Waals surface area (Å²) in [6.45, 7) is 1.98. The van der Waals surface area contributed by atoms with Crippen LogP contribution in [0, 0.1) is 12.7 Å². The fourth-order valence-electron chi connectivity index (χ4n) is 3.72. The molecule has 4 rings (SSSR count). The van der Waals surface area contributed by atoms with E-state index in [0.717, 1.165) is 22.4 Å². The molecule has 33 heavy (non-hydrogen) atoms. The number of carbonyl (C=O) groups excluding carboxylic acids is 1. The molecule has 168 valence electrons. The van der Waals surface area contributed by atoms with Gasteiger partial charge in [0.05, 0.1) is 5.90 Å². The number of amides is 1. The smallest absolute Gasteiger partial charge is 0.252 e. The van der Waals surface area contributed by atoms with Crippen LogP contribution in [0.1, 0.15) is 33.1 Å². The number of hydrazone groups is 1. The van der Waals surface area contributed by atoms with E-state index in [-0.39, 0.29) is 5.56 Å². The first-order valence-electron chi connectivity index (χ1n) is 10.6. The van der Waals surface area contributed by atoms with Gasteiger partial charge in [0.25, 0.3) is 5.91 Å². The number of nitrogens with one attached hydrogen (secondary N) is 1. The number of rotatable bonds is 5. The highest BCUT2D eigenvalue weighted by atomic mass is 19.1. The molecule has 0 unspecified atom stereocenters. The molecule has 1 amide bonds. The first kappa shape index (κ1) is 22.2. The molecule has 0 aliphatic carbocycles. The third kappa shape index (κ3) is 4.92. The molecular weight excluding hydrogens is 419 g/mol. The second kappa shape index (κ2) is 9.24. The maximum atomic E-state index is 13.2. The summed E-state index contributed by atoms with van der Waals surface area (Å²) in [6, 6.07) is 19.4. The van der Waals surface area contributed by atoms with Crippen molar-refractivity contribution in [1.29, 1.82) is 0 Å². The van der Waals surface area contributed by atoms with Crippen molar-refractivity contribution < 1.29 is 19.0 Å². The van der Waals surface area contributed by atoms with E-state index in [4.69, 9.17) is 0 Å². The molecule has 1 N–H and O–H groups in total. The van der Waals surface area contributed by atoms with Crippen LogP contribution >= 0.6 is 0 Å². The van der Waals surface area contributed by atoms with E-state index in [1.54, 1.807) is 10.9 Å². The van der Waals surface area contributed by atoms with E-state index in [1.807, 2.05) is 74.4 Å². The van der Waals surface area contributed by atoms with E-state index in [9.17, 15) is 14.3 Å². The lowest BCUT2D eigenvalue weighted by atomic mass is 9.98. The Hall–Kier alpha value is -4.00. The van der Waals surface area contributed by atoms with Crippen LogP contribution in [0.5, 0.6) is 0 Å². The maximum absolute atomic E-state index is 13.2. The van der Waals surface area contributed by atoms with Gasteiger partial charge in [-0.2, -0.15) is 0 Å². The van der Waals surface area contributed by atoms with Gasteiger partial charge in [0.2, 0.25) is 12.3 Å². The largest absolute Gasteiger partial charge is 0.856 e. The summed E-state index contributed by atoms with van der Waals surface area (Å²) in [4.78, 5) is 14.8. The Morgan fingerprint density at radius 2 is 1.67 bits per heavy atom. The standard InChI is InChI=1S/C26H25FN4O2/c1-17-4-8-19(9-5-17)24-23(28-25(32)20-10-12-21(27)13-11-20)26(33)29-31(24)16-18-6-14-22(15-7-18)30(2)3/h4-16,23-24H,1-3H3,(H-,28,29,32,33)/t23-,24-/m1/s1. The van der Waals surface area contributed by atoms with Gasteiger partial charge in [-0.1, -0.05) is 34.5 Å². The fraction of sp³-hybridized carbons (Fsp3) is 0.192. The van der Waals surface area contributed by atoms with Crippen molar-refractivity contribution in [2.24, 2.45) is 5.10 Å². The molecule has 0 saturated carbocycles. The van der Waals surface area contributed by atoms with Crippen molar-refractivity contribution in [3.63, 3.8) is 0 Å². The molecule has 0 aromatic heterocycles. The van der Waals surface area contributed by atoms with Crippen molar-refractivity contribution >= 4 is 23.7 Å². The highest BCUT2D eigenvalue weighted by molar-refractivity contribution is 5.97. The Bertz CT molecular complexity index is 1200. The lowest BCUT2D eigenvalue weighted by Crippen LogP contribution is -2.47. The van der Waals surface area contributed by atoms with Crippen LogP contribution in [0.15, 0.2) is 77.9 Å². The molecule has 0 radical (unpaired) electrons. The van der Waals surface area contributed by atoms with Crippen molar-refractivity contribution in [3.05, 3.63) is 101 Å². The van der Waals surface area contributed by atoms with E-state index in [0.29, 0.717) is 0 Å². The molecular formula is C26H25FN4O2. The Morgan fingerprint density at radius 1 is 1.03 bits per heavy atom. The molecule has 0 bridgehead atoms. The van der Waals surface area contributed by atoms with E-state index >= 15 is 0 Å². The zero-order valence-electron chi connectivity index (χ0n) is 18.7. The number of carbonyl (C=O) groups is 1. The monoisotopic (exact) mass is 444 g/mol. The first-order valence-corrected chi connectivity index (χ1v) is 10.6. The summed E-state index contributed by atoms with van der Waals surface area (Å²) in [5.74, 6) is -1.34. The van der Waals surface area contributed by atoms with Crippen LogP contribution in [-0.2, 0) is 0 Å². The Labute approximate surface area is 192 Å². The van der Waals surface area contributed by atoms with Gasteiger partial charge in [-0.25, -0.2) is 4.39 Å². The van der Waals surface area contributed by atoms with Gasteiger partial charge in [-0.3, -0.25) is 4.79 Å². The summed E-state index contributed by atoms with van der Waals surface area (Å²) < 4.78 is 14.9. The predicted molar refractivity (Wildman–Crippen MR) is 125 cm³/mol. The second-order valence-electron chi connectivity index (χ2n) is 8.25. The van der Waals surface area contributed by atoms with Crippen molar-refractivity contribution in [2.45, 2.75) is 19.0 Å². The lowest BCUT2D eigenvalue weighted by Gasteiger charge is -2.20. The zero-order valence-corrected chi connectivity index (χ0v) is 18.7. The normalized spacial score (nSPS) is 18.8. The third-order valence-electron chi connectivity index (χ3n) is 5.58. The maximum Gasteiger partial charge on any atom is 0.252 e. The number of halogens is 1. The number of benzene rings is 3. The minimum Gasteiger partial charge on any atom is -0.856 e. The summed E-state index contributed by atoms with van der Waals surface area (Å²) in [5, 5.41) is 19.9. The van der Waals surface area contributed by atoms with Crippen LogP contribution in [0.3, 0.4) is 0 Å². The third-order valence-corrected chi connectivity index (χ3v) is 5.58. The SMILES string of the molecule is Cc1ccc([C@@H]2[C@@H](NC(=O)c3ccc(F)cc3)C([O-])=N/[N+]2=C\c2ccc(N(C)C)cc2)cc1. The molecule has 3 aromatic rings. The van der Waals surface area contributed by atoms with Crippen LogP contribution in [-0.4, -0.2) is 42.8 Å². The molecule has 0 saturated heterocycles. The molecule has 0 fully saturated rings. The van der Waals surface area contributed by atoms with Gasteiger partial charge < -0.3 is 15.3 Å². The minimum absolute atomic E-state index is 0.272. The average Bonchev–Trinajstić information content (AvgIpc) is 3.09. The van der Waals surface area contributed by atoms with Gasteiger partial charge in [-0.05, 0) is 60.6 Å².